The van der Waals surface area contributed by atoms with Gasteiger partial charge in [-0.15, -0.1) is 0 Å². The summed E-state index contributed by atoms with van der Waals surface area (Å²) in [5.74, 6) is 0.422. The Bertz CT molecular complexity index is 1830. The molecule has 3 aromatic rings. The van der Waals surface area contributed by atoms with Gasteiger partial charge >= 0.3 is 6.09 Å². The van der Waals surface area contributed by atoms with Gasteiger partial charge in [0.15, 0.2) is 17.8 Å². The number of ether oxygens (including phenoxy) is 4. The number of carbonyl (C=O) groups excluding carboxylic acids is 1. The monoisotopic (exact) mass is 765 g/mol. The number of aliphatic hydroxyl groups is 1. The fourth-order valence-electron chi connectivity index (χ4n) is 7.65. The average Bonchev–Trinajstić information content (AvgIpc) is 3.92. The molecule has 54 heavy (non-hydrogen) atoms. The topological polar surface area (TPSA) is 164 Å². The summed E-state index contributed by atoms with van der Waals surface area (Å²) < 4.78 is 52.8. The first-order valence-corrected chi connectivity index (χ1v) is 20.1. The van der Waals surface area contributed by atoms with Crippen LogP contribution in [0.3, 0.4) is 0 Å². The number of benzene rings is 3. The molecule has 0 radical (unpaired) electrons. The molecule has 14 heteroatoms. The second-order valence-corrected chi connectivity index (χ2v) is 17.0. The number of hydrogen-bond acceptors (Lipinski definition) is 9. The summed E-state index contributed by atoms with van der Waals surface area (Å²) in [5, 5.41) is 25.8. The van der Waals surface area contributed by atoms with E-state index in [4.69, 9.17) is 18.9 Å². The van der Waals surface area contributed by atoms with Crippen LogP contribution < -0.4 is 14.8 Å². The van der Waals surface area contributed by atoms with Crippen LogP contribution in [0.5, 0.6) is 11.5 Å². The van der Waals surface area contributed by atoms with Crippen LogP contribution in [0.15, 0.2) is 83.8 Å². The molecular formula is C40H51N3O10S. The highest BCUT2D eigenvalue weighted by atomic mass is 32.2. The maximum Gasteiger partial charge on any atom is 0.407 e. The van der Waals surface area contributed by atoms with Gasteiger partial charge in [0.25, 0.3) is 5.91 Å². The number of nitrogens with one attached hydrogen (secondary N) is 1. The van der Waals surface area contributed by atoms with Crippen LogP contribution in [0.2, 0.25) is 0 Å². The Kier molecular flexibility index (Phi) is 12.8. The number of carboxylic acid groups (broad SMARTS) is 1. The van der Waals surface area contributed by atoms with Crippen molar-refractivity contribution in [2.75, 3.05) is 39.6 Å². The quantitative estimate of drug-likeness (QED) is 0.148. The van der Waals surface area contributed by atoms with Gasteiger partial charge in [-0.1, -0.05) is 75.2 Å². The molecule has 3 aromatic carbocycles. The first-order chi connectivity index (χ1) is 25.9. The van der Waals surface area contributed by atoms with Crippen molar-refractivity contribution in [3.8, 4) is 11.5 Å². The first-order valence-electron chi connectivity index (χ1n) is 18.6. The van der Waals surface area contributed by atoms with E-state index in [1.807, 2.05) is 62.4 Å². The predicted molar refractivity (Wildman–Crippen MR) is 200 cm³/mol. The molecule has 2 fully saturated rings. The Morgan fingerprint density at radius 3 is 2.41 bits per heavy atom. The minimum atomic E-state index is -4.23. The maximum atomic E-state index is 14.5. The number of unbranched alkanes of at least 4 members (excludes halogenated alkanes) is 2. The molecule has 3 heterocycles. The highest BCUT2D eigenvalue weighted by Crippen LogP contribution is 2.38. The van der Waals surface area contributed by atoms with Crippen LogP contribution in [0.4, 0.5) is 4.79 Å². The van der Waals surface area contributed by atoms with Crippen molar-refractivity contribution in [2.45, 2.75) is 81.7 Å². The molecule has 6 rings (SSSR count). The van der Waals surface area contributed by atoms with Gasteiger partial charge in [-0.3, -0.25) is 9.69 Å². The van der Waals surface area contributed by atoms with E-state index in [9.17, 15) is 28.2 Å². The lowest BCUT2D eigenvalue weighted by molar-refractivity contribution is -0.0906. The molecule has 3 aliphatic rings. The summed E-state index contributed by atoms with van der Waals surface area (Å²) in [6.07, 6.45) is 0.655. The molecule has 0 unspecified atom stereocenters. The lowest BCUT2D eigenvalue weighted by Gasteiger charge is -2.40. The van der Waals surface area contributed by atoms with Gasteiger partial charge in [-0.25, -0.2) is 13.2 Å². The van der Waals surface area contributed by atoms with Gasteiger partial charge in [-0.2, -0.15) is 4.31 Å². The van der Waals surface area contributed by atoms with Gasteiger partial charge in [0.1, 0.15) is 0 Å². The Morgan fingerprint density at radius 1 is 0.944 bits per heavy atom. The molecule has 2 amide bonds. The lowest BCUT2D eigenvalue weighted by Crippen LogP contribution is -2.58. The maximum absolute atomic E-state index is 14.5. The van der Waals surface area contributed by atoms with Crippen LogP contribution in [-0.2, 0) is 25.9 Å². The minimum Gasteiger partial charge on any atom is -0.465 e. The largest absolute Gasteiger partial charge is 0.465 e. The first kappa shape index (κ1) is 39.5. The molecular weight excluding hydrogens is 715 g/mol. The SMILES string of the molecule is CC(C)(CCCCCNC(=O)c1ccccc1)CN(C[C@@H](O)[C@H](Cc1ccccc1)N(C(=O)O)[C@H]1CO[C@H]2OCC[C@H]21)S(=O)(=O)c1ccc2c(c1)OCO2. The second-order valence-electron chi connectivity index (χ2n) is 15.0. The second kappa shape index (κ2) is 17.5. The van der Waals surface area contributed by atoms with Crippen LogP contribution in [0.25, 0.3) is 0 Å². The summed E-state index contributed by atoms with van der Waals surface area (Å²) in [7, 11) is -4.23. The number of fused-ring (bicyclic) bond motifs is 2. The third kappa shape index (κ3) is 9.53. The fraction of sp³-hybridized carbons (Fsp3) is 0.500. The van der Waals surface area contributed by atoms with Crippen molar-refractivity contribution in [2.24, 2.45) is 11.3 Å². The van der Waals surface area contributed by atoms with Crippen molar-refractivity contribution in [3.05, 3.63) is 90.0 Å². The molecule has 5 atom stereocenters. The van der Waals surface area contributed by atoms with Gasteiger partial charge in [0.05, 0.1) is 36.3 Å². The number of rotatable bonds is 18. The Hall–Kier alpha value is -4.21. The van der Waals surface area contributed by atoms with Crippen molar-refractivity contribution in [3.63, 3.8) is 0 Å². The van der Waals surface area contributed by atoms with Crippen LogP contribution in [-0.4, -0.2) is 104 Å². The summed E-state index contributed by atoms with van der Waals surface area (Å²) >= 11 is 0. The van der Waals surface area contributed by atoms with Crippen molar-refractivity contribution in [1.29, 1.82) is 0 Å². The summed E-state index contributed by atoms with van der Waals surface area (Å²) in [5.41, 5.74) is 0.873. The number of carbonyl (C=O) groups is 2. The van der Waals surface area contributed by atoms with Crippen LogP contribution in [0.1, 0.15) is 61.9 Å². The van der Waals surface area contributed by atoms with Crippen molar-refractivity contribution >= 4 is 22.0 Å². The standard InChI is InChI=1S/C40H51N3O10S/c1-40(2,19-10-5-11-20-41-37(45)29-14-8-4-9-15-29)26-42(54(48,49)30-16-17-35-36(23-30)53-27-52-35)24-34(44)32(22-28-12-6-3-7-13-28)43(39(46)47)33-25-51-38-31(33)18-21-50-38/h3-4,6-9,12-17,23,31-34,38,44H,5,10-11,18-22,24-27H2,1-2H3,(H,41,45)(H,46,47)/t31-,32-,33-,34+,38+/m0/s1. The van der Waals surface area contributed by atoms with E-state index in [-0.39, 0.29) is 49.6 Å². The van der Waals surface area contributed by atoms with Crippen LogP contribution in [0, 0.1) is 11.3 Å². The molecule has 292 valence electrons. The summed E-state index contributed by atoms with van der Waals surface area (Å²) in [6, 6.07) is 21.2. The van der Waals surface area contributed by atoms with Crippen molar-refractivity contribution < 1.29 is 47.2 Å². The molecule has 2 saturated heterocycles. The summed E-state index contributed by atoms with van der Waals surface area (Å²) in [4.78, 5) is 26.8. The summed E-state index contributed by atoms with van der Waals surface area (Å²) in [6.45, 7) is 4.74. The smallest absolute Gasteiger partial charge is 0.407 e. The average molecular weight is 766 g/mol. The number of nitrogens with zero attached hydrogens (tertiary/aromatic N) is 2. The van der Waals surface area contributed by atoms with Crippen LogP contribution >= 0.6 is 0 Å². The van der Waals surface area contributed by atoms with E-state index in [0.717, 1.165) is 24.8 Å². The van der Waals surface area contributed by atoms with E-state index in [1.54, 1.807) is 18.2 Å². The fourth-order valence-corrected chi connectivity index (χ4v) is 9.32. The molecule has 0 aromatic heterocycles. The molecule has 3 aliphatic heterocycles. The van der Waals surface area contributed by atoms with E-state index in [0.29, 0.717) is 43.1 Å². The zero-order valence-electron chi connectivity index (χ0n) is 30.8. The van der Waals surface area contributed by atoms with Gasteiger partial charge < -0.3 is 34.5 Å². The van der Waals surface area contributed by atoms with E-state index in [2.05, 4.69) is 5.32 Å². The molecule has 0 saturated carbocycles. The molecule has 0 bridgehead atoms. The normalized spacial score (nSPS) is 20.4. The van der Waals surface area contributed by atoms with Gasteiger partial charge in [-0.05, 0) is 60.9 Å². The van der Waals surface area contributed by atoms with Crippen molar-refractivity contribution in [1.82, 2.24) is 14.5 Å². The highest BCUT2D eigenvalue weighted by molar-refractivity contribution is 7.89. The number of aliphatic hydroxyl groups excluding tert-OH is 1. The zero-order valence-corrected chi connectivity index (χ0v) is 31.7. The van der Waals surface area contributed by atoms with E-state index in [1.165, 1.54) is 21.3 Å². The Balaban J connectivity index is 1.20. The van der Waals surface area contributed by atoms with E-state index >= 15 is 0 Å². The third-order valence-corrected chi connectivity index (χ3v) is 12.3. The van der Waals surface area contributed by atoms with Gasteiger partial charge in [0.2, 0.25) is 16.8 Å². The molecule has 0 aliphatic carbocycles. The van der Waals surface area contributed by atoms with Gasteiger partial charge in [0, 0.05) is 37.2 Å². The third-order valence-electron chi connectivity index (χ3n) is 10.5. The molecule has 0 spiro atoms. The predicted octanol–water partition coefficient (Wildman–Crippen LogP) is 5.14. The zero-order chi connectivity index (χ0) is 38.3. The number of sulfonamides is 1. The Labute approximate surface area is 317 Å². The molecule has 3 N–H and O–H groups in total. The lowest BCUT2D eigenvalue weighted by atomic mass is 9.86. The highest BCUT2D eigenvalue weighted by Gasteiger charge is 2.49. The number of amides is 2. The van der Waals surface area contributed by atoms with E-state index < -0.39 is 46.0 Å². The minimum absolute atomic E-state index is 0.0197. The Morgan fingerprint density at radius 2 is 1.67 bits per heavy atom. The molecule has 13 nitrogen and oxygen atoms in total. The number of hydrogen-bond donors (Lipinski definition) is 3.